The second-order valence-corrected chi connectivity index (χ2v) is 3.81. The maximum Gasteiger partial charge on any atom is 0.182 e. The summed E-state index contributed by atoms with van der Waals surface area (Å²) in [4.78, 5) is 4.37. The van der Waals surface area contributed by atoms with E-state index in [9.17, 15) is 0 Å². The van der Waals surface area contributed by atoms with Crippen LogP contribution in [0.25, 0.3) is 0 Å². The van der Waals surface area contributed by atoms with Gasteiger partial charge in [0.2, 0.25) is 0 Å². The lowest BCUT2D eigenvalue weighted by Gasteiger charge is -2.17. The smallest absolute Gasteiger partial charge is 0.182 e. The van der Waals surface area contributed by atoms with Crippen LogP contribution in [0, 0.1) is 11.8 Å². The highest BCUT2D eigenvalue weighted by Gasteiger charge is 2.16. The fourth-order valence-corrected chi connectivity index (χ4v) is 1.72. The molecule has 0 fully saturated rings. The van der Waals surface area contributed by atoms with Crippen molar-refractivity contribution in [1.29, 1.82) is 0 Å². The Bertz CT molecular complexity index is 163. The minimum atomic E-state index is 0.788. The minimum absolute atomic E-state index is 0.788. The first kappa shape index (κ1) is 9.56. The molecule has 0 spiro atoms. The van der Waals surface area contributed by atoms with Gasteiger partial charge in [0, 0.05) is 13.0 Å². The number of methoxy groups -OCH3 is 1. The van der Waals surface area contributed by atoms with Crippen molar-refractivity contribution in [3.63, 3.8) is 0 Å². The second-order valence-electron chi connectivity index (χ2n) is 3.81. The quantitative estimate of drug-likeness (QED) is 0.591. The Balaban J connectivity index is 2.42. The first-order valence-corrected chi connectivity index (χ1v) is 4.81. The van der Waals surface area contributed by atoms with E-state index in [4.69, 9.17) is 4.74 Å². The molecule has 2 heteroatoms. The maximum absolute atomic E-state index is 5.15. The van der Waals surface area contributed by atoms with Crippen LogP contribution in [0.5, 0.6) is 0 Å². The molecule has 1 heterocycles. The van der Waals surface area contributed by atoms with E-state index >= 15 is 0 Å². The fourth-order valence-electron chi connectivity index (χ4n) is 1.72. The van der Waals surface area contributed by atoms with Crippen LogP contribution >= 0.6 is 0 Å². The zero-order valence-corrected chi connectivity index (χ0v) is 8.34. The number of rotatable bonds is 1. The van der Waals surface area contributed by atoms with Gasteiger partial charge in [-0.15, -0.1) is 0 Å². The number of hydrogen-bond donors (Lipinski definition) is 0. The third-order valence-corrected chi connectivity index (χ3v) is 2.70. The van der Waals surface area contributed by atoms with Crippen LogP contribution in [-0.2, 0) is 4.74 Å². The Hall–Kier alpha value is -0.530. The first-order valence-electron chi connectivity index (χ1n) is 4.81. The van der Waals surface area contributed by atoms with Crippen LogP contribution < -0.4 is 0 Å². The molecule has 1 rings (SSSR count). The van der Waals surface area contributed by atoms with E-state index < -0.39 is 0 Å². The summed E-state index contributed by atoms with van der Waals surface area (Å²) in [6.45, 7) is 5.54. The van der Waals surface area contributed by atoms with Gasteiger partial charge in [-0.05, 0) is 24.7 Å². The van der Waals surface area contributed by atoms with Crippen LogP contribution in [-0.4, -0.2) is 19.6 Å². The molecule has 12 heavy (non-hydrogen) atoms. The van der Waals surface area contributed by atoms with E-state index in [0.29, 0.717) is 0 Å². The number of aliphatic imine (C=N–C) groups is 1. The standard InChI is InChI=1S/C10H19NO/c1-8(2)9-4-5-10(12-3)11-7-6-9/h8-9H,4-7H2,1-3H3. The predicted molar refractivity (Wildman–Crippen MR) is 51.5 cm³/mol. The Morgan fingerprint density at radius 2 is 2.17 bits per heavy atom. The number of hydrogen-bond acceptors (Lipinski definition) is 2. The highest BCUT2D eigenvalue weighted by Crippen LogP contribution is 2.23. The average molecular weight is 169 g/mol. The van der Waals surface area contributed by atoms with Crippen LogP contribution in [0.3, 0.4) is 0 Å². The highest BCUT2D eigenvalue weighted by molar-refractivity contribution is 5.76. The van der Waals surface area contributed by atoms with Gasteiger partial charge in [0.15, 0.2) is 5.90 Å². The minimum Gasteiger partial charge on any atom is -0.484 e. The van der Waals surface area contributed by atoms with Gasteiger partial charge in [0.1, 0.15) is 0 Å². The molecule has 0 amide bonds. The van der Waals surface area contributed by atoms with Crippen LogP contribution in [0.4, 0.5) is 0 Å². The summed E-state index contributed by atoms with van der Waals surface area (Å²) in [6, 6.07) is 0. The van der Waals surface area contributed by atoms with Crippen molar-refractivity contribution in [3.8, 4) is 0 Å². The van der Waals surface area contributed by atoms with Gasteiger partial charge in [-0.3, -0.25) is 4.99 Å². The van der Waals surface area contributed by atoms with Gasteiger partial charge in [-0.1, -0.05) is 13.8 Å². The van der Waals surface area contributed by atoms with E-state index in [0.717, 1.165) is 30.7 Å². The molecule has 0 radical (unpaired) electrons. The van der Waals surface area contributed by atoms with E-state index in [1.807, 2.05) is 0 Å². The van der Waals surface area contributed by atoms with Crippen molar-refractivity contribution in [2.45, 2.75) is 33.1 Å². The molecule has 0 saturated heterocycles. The summed E-state index contributed by atoms with van der Waals surface area (Å²) < 4.78 is 5.15. The maximum atomic E-state index is 5.15. The zero-order chi connectivity index (χ0) is 8.97. The van der Waals surface area contributed by atoms with Crippen molar-refractivity contribution in [2.75, 3.05) is 13.7 Å². The van der Waals surface area contributed by atoms with Gasteiger partial charge < -0.3 is 4.74 Å². The summed E-state index contributed by atoms with van der Waals surface area (Å²) in [5.74, 6) is 2.57. The lowest BCUT2D eigenvalue weighted by molar-refractivity contribution is 0.342. The number of nitrogens with zero attached hydrogens (tertiary/aromatic N) is 1. The van der Waals surface area contributed by atoms with Gasteiger partial charge >= 0.3 is 0 Å². The molecule has 0 bridgehead atoms. The van der Waals surface area contributed by atoms with Gasteiger partial charge in [0.05, 0.1) is 7.11 Å². The van der Waals surface area contributed by atoms with Crippen LogP contribution in [0.2, 0.25) is 0 Å². The van der Waals surface area contributed by atoms with Crippen molar-refractivity contribution < 1.29 is 4.74 Å². The molecule has 2 nitrogen and oxygen atoms in total. The van der Waals surface area contributed by atoms with E-state index in [-0.39, 0.29) is 0 Å². The average Bonchev–Trinajstić information content (AvgIpc) is 2.28. The molecule has 1 aliphatic rings. The second kappa shape index (κ2) is 4.48. The molecule has 70 valence electrons. The van der Waals surface area contributed by atoms with E-state index in [2.05, 4.69) is 18.8 Å². The Morgan fingerprint density at radius 3 is 2.75 bits per heavy atom. The molecule has 0 aromatic heterocycles. The molecule has 1 atom stereocenters. The fraction of sp³-hybridized carbons (Fsp3) is 0.900. The van der Waals surface area contributed by atoms with Crippen molar-refractivity contribution in [1.82, 2.24) is 0 Å². The third kappa shape index (κ3) is 2.50. The van der Waals surface area contributed by atoms with Gasteiger partial charge in [0.25, 0.3) is 0 Å². The third-order valence-electron chi connectivity index (χ3n) is 2.70. The highest BCUT2D eigenvalue weighted by atomic mass is 16.5. The van der Waals surface area contributed by atoms with Crippen molar-refractivity contribution >= 4 is 5.90 Å². The van der Waals surface area contributed by atoms with E-state index in [1.54, 1.807) is 7.11 Å². The molecular formula is C10H19NO. The number of ether oxygens (including phenoxy) is 1. The van der Waals surface area contributed by atoms with Crippen LogP contribution in [0.15, 0.2) is 4.99 Å². The lowest BCUT2D eigenvalue weighted by atomic mass is 9.89. The Morgan fingerprint density at radius 1 is 1.42 bits per heavy atom. The molecule has 0 saturated carbocycles. The summed E-state index contributed by atoms with van der Waals surface area (Å²) in [6.07, 6.45) is 3.49. The summed E-state index contributed by atoms with van der Waals surface area (Å²) in [5, 5.41) is 0. The van der Waals surface area contributed by atoms with Crippen molar-refractivity contribution in [2.24, 2.45) is 16.8 Å². The molecule has 1 unspecified atom stereocenters. The molecule has 1 aliphatic heterocycles. The molecule has 0 aromatic carbocycles. The molecule has 0 aliphatic carbocycles. The summed E-state index contributed by atoms with van der Waals surface area (Å²) >= 11 is 0. The molecule has 0 aromatic rings. The largest absolute Gasteiger partial charge is 0.484 e. The zero-order valence-electron chi connectivity index (χ0n) is 8.34. The predicted octanol–water partition coefficient (Wildman–Crippen LogP) is 2.49. The lowest BCUT2D eigenvalue weighted by Crippen LogP contribution is -2.09. The summed E-state index contributed by atoms with van der Waals surface area (Å²) in [7, 11) is 1.72. The Labute approximate surface area is 75.0 Å². The van der Waals surface area contributed by atoms with E-state index in [1.165, 1.54) is 12.8 Å². The van der Waals surface area contributed by atoms with Crippen molar-refractivity contribution in [3.05, 3.63) is 0 Å². The first-order chi connectivity index (χ1) is 5.74. The monoisotopic (exact) mass is 169 g/mol. The Kier molecular flexibility index (Phi) is 3.57. The molecule has 0 N–H and O–H groups in total. The van der Waals surface area contributed by atoms with Crippen LogP contribution in [0.1, 0.15) is 33.1 Å². The molecular weight excluding hydrogens is 150 g/mol. The normalized spacial score (nSPS) is 25.0. The van der Waals surface area contributed by atoms with Gasteiger partial charge in [-0.2, -0.15) is 0 Å². The summed E-state index contributed by atoms with van der Waals surface area (Å²) in [5.41, 5.74) is 0. The van der Waals surface area contributed by atoms with Gasteiger partial charge in [-0.25, -0.2) is 0 Å². The topological polar surface area (TPSA) is 21.6 Å². The SMILES string of the molecule is COC1=NCCC(C(C)C)CC1.